The van der Waals surface area contributed by atoms with Gasteiger partial charge in [-0.05, 0) is 73.4 Å². The number of benzene rings is 3. The number of hydrogen-bond acceptors (Lipinski definition) is 5. The van der Waals surface area contributed by atoms with Crippen molar-refractivity contribution in [2.75, 3.05) is 39.0 Å². The van der Waals surface area contributed by atoms with Crippen molar-refractivity contribution in [3.8, 4) is 11.5 Å². The van der Waals surface area contributed by atoms with Gasteiger partial charge in [0.1, 0.15) is 23.1 Å². The summed E-state index contributed by atoms with van der Waals surface area (Å²) in [6.45, 7) is 5.01. The quantitative estimate of drug-likeness (QED) is 0.252. The third-order valence-corrected chi connectivity index (χ3v) is 9.18. The summed E-state index contributed by atoms with van der Waals surface area (Å²) in [6, 6.07) is 16.9. The number of ether oxygens (including phenoxy) is 1. The summed E-state index contributed by atoms with van der Waals surface area (Å²) >= 11 is 0. The normalized spacial score (nSPS) is 14.3. The number of hydrogen-bond donors (Lipinski definition) is 1. The van der Waals surface area contributed by atoms with E-state index in [1.54, 1.807) is 17.0 Å². The molecule has 1 saturated heterocycles. The van der Waals surface area contributed by atoms with Crippen LogP contribution in [0.15, 0.2) is 71.6 Å². The maximum Gasteiger partial charge on any atom is 0.322 e. The Morgan fingerprint density at radius 2 is 1.58 bits per heavy atom. The van der Waals surface area contributed by atoms with E-state index in [0.29, 0.717) is 18.0 Å². The van der Waals surface area contributed by atoms with Crippen LogP contribution in [0, 0.1) is 11.6 Å². The summed E-state index contributed by atoms with van der Waals surface area (Å²) in [5.41, 5.74) is 1.10. The molecule has 0 radical (unpaired) electrons. The van der Waals surface area contributed by atoms with Gasteiger partial charge in [-0.1, -0.05) is 25.5 Å². The van der Waals surface area contributed by atoms with Crippen LogP contribution in [0.1, 0.15) is 38.2 Å². The lowest BCUT2D eigenvalue weighted by molar-refractivity contribution is 0.122. The van der Waals surface area contributed by atoms with Gasteiger partial charge in [-0.25, -0.2) is 26.3 Å². The number of piperidine rings is 1. The van der Waals surface area contributed by atoms with E-state index in [-0.39, 0.29) is 35.1 Å². The summed E-state index contributed by atoms with van der Waals surface area (Å²) in [7, 11) is -0.510. The average molecular weight is 637 g/mol. The summed E-state index contributed by atoms with van der Waals surface area (Å²) in [6.07, 6.45) is 3.36. The number of amides is 2. The van der Waals surface area contributed by atoms with Gasteiger partial charge in [0.25, 0.3) is 0 Å². The molecule has 0 unspecified atom stereocenters. The average Bonchev–Trinajstić information content (AvgIpc) is 2.97. The van der Waals surface area contributed by atoms with Gasteiger partial charge in [-0.15, -0.1) is 12.4 Å². The summed E-state index contributed by atoms with van der Waals surface area (Å²) in [5, 5.41) is 2.62. The molecule has 234 valence electrons. The molecule has 3 aromatic carbocycles. The second-order valence-corrected chi connectivity index (χ2v) is 12.8. The number of rotatable bonds is 11. The van der Waals surface area contributed by atoms with E-state index < -0.39 is 21.7 Å². The molecule has 12 heteroatoms. The fraction of sp³-hybridized carbons (Fsp3) is 0.387. The van der Waals surface area contributed by atoms with Crippen LogP contribution in [0.2, 0.25) is 0 Å². The molecule has 0 aliphatic carbocycles. The highest BCUT2D eigenvalue weighted by atomic mass is 35.5. The standard InChI is InChI=1S/C31H38F2N4O4S.ClH/c1-4-5-18-37(31(38)34-30-15-8-24(32)21-29(30)33)25-16-19-36(20-17-25)22-23-6-9-26(10-7-23)41-27-11-13-28(14-12-27)42(39,40)35(2)3;/h6-15,21,25H,4-5,16-20,22H2,1-3H3,(H,34,38);1H. The van der Waals surface area contributed by atoms with E-state index >= 15 is 0 Å². The molecular weight excluding hydrogens is 598 g/mol. The van der Waals surface area contributed by atoms with E-state index in [1.165, 1.54) is 36.6 Å². The van der Waals surface area contributed by atoms with E-state index in [1.807, 2.05) is 24.3 Å². The Morgan fingerprint density at radius 3 is 2.14 bits per heavy atom. The number of unbranched alkanes of at least 4 members (excludes halogenated alkanes) is 1. The second-order valence-electron chi connectivity index (χ2n) is 10.6. The number of urea groups is 1. The van der Waals surface area contributed by atoms with Crippen molar-refractivity contribution in [1.82, 2.24) is 14.1 Å². The van der Waals surface area contributed by atoms with Gasteiger partial charge in [0.05, 0.1) is 10.6 Å². The SMILES string of the molecule is CCCCN(C(=O)Nc1ccc(F)cc1F)C1CCN(Cc2ccc(Oc3ccc(S(=O)(=O)N(C)C)cc3)cc2)CC1.Cl. The zero-order chi connectivity index (χ0) is 30.3. The van der Waals surface area contributed by atoms with Crippen LogP contribution in [-0.2, 0) is 16.6 Å². The number of halogens is 3. The molecule has 1 N–H and O–H groups in total. The molecule has 0 aromatic heterocycles. The van der Waals surface area contributed by atoms with Gasteiger partial charge in [0.15, 0.2) is 0 Å². The van der Waals surface area contributed by atoms with Crippen molar-refractivity contribution in [2.45, 2.75) is 50.1 Å². The molecule has 4 rings (SSSR count). The lowest BCUT2D eigenvalue weighted by Gasteiger charge is -2.38. The zero-order valence-corrected chi connectivity index (χ0v) is 26.3. The van der Waals surface area contributed by atoms with Crippen LogP contribution in [0.5, 0.6) is 11.5 Å². The molecule has 0 bridgehead atoms. The molecule has 1 fully saturated rings. The van der Waals surface area contributed by atoms with E-state index in [2.05, 4.69) is 17.1 Å². The van der Waals surface area contributed by atoms with Crippen molar-refractivity contribution in [1.29, 1.82) is 0 Å². The van der Waals surface area contributed by atoms with Crippen LogP contribution in [-0.4, -0.2) is 68.3 Å². The van der Waals surface area contributed by atoms with Crippen LogP contribution in [0.3, 0.4) is 0 Å². The first-order valence-corrected chi connectivity index (χ1v) is 15.5. The number of nitrogens with one attached hydrogen (secondary N) is 1. The molecule has 1 aliphatic rings. The molecule has 8 nitrogen and oxygen atoms in total. The maximum absolute atomic E-state index is 14.1. The second kappa shape index (κ2) is 15.5. The number of likely N-dealkylation sites (tertiary alicyclic amines) is 1. The van der Waals surface area contributed by atoms with Gasteiger partial charge in [-0.3, -0.25) is 4.90 Å². The van der Waals surface area contributed by atoms with E-state index in [9.17, 15) is 22.0 Å². The summed E-state index contributed by atoms with van der Waals surface area (Å²) in [5.74, 6) is -0.288. The van der Waals surface area contributed by atoms with E-state index in [0.717, 1.165) is 63.0 Å². The number of nitrogens with zero attached hydrogens (tertiary/aromatic N) is 3. The molecule has 43 heavy (non-hydrogen) atoms. The fourth-order valence-corrected chi connectivity index (χ4v) is 5.79. The van der Waals surface area contributed by atoms with Gasteiger partial charge >= 0.3 is 6.03 Å². The van der Waals surface area contributed by atoms with Gasteiger partial charge in [-0.2, -0.15) is 0 Å². The predicted molar refractivity (Wildman–Crippen MR) is 166 cm³/mol. The van der Waals surface area contributed by atoms with Crippen molar-refractivity contribution < 1.29 is 26.7 Å². The molecule has 1 aliphatic heterocycles. The largest absolute Gasteiger partial charge is 0.457 e. The lowest BCUT2D eigenvalue weighted by atomic mass is 10.0. The topological polar surface area (TPSA) is 82.2 Å². The first kappa shape index (κ1) is 34.2. The monoisotopic (exact) mass is 636 g/mol. The Hall–Kier alpha value is -3.25. The van der Waals surface area contributed by atoms with Crippen molar-refractivity contribution in [3.05, 3.63) is 83.9 Å². The Balaban J connectivity index is 0.00000506. The highest BCUT2D eigenvalue weighted by Gasteiger charge is 2.28. The zero-order valence-electron chi connectivity index (χ0n) is 24.6. The minimum atomic E-state index is -3.49. The molecule has 0 saturated carbocycles. The van der Waals surface area contributed by atoms with Crippen molar-refractivity contribution >= 4 is 34.1 Å². The Bertz CT molecular complexity index is 1450. The number of carbonyl (C=O) groups excluding carboxylic acids is 1. The fourth-order valence-electron chi connectivity index (χ4n) is 4.89. The van der Waals surface area contributed by atoms with Gasteiger partial charge < -0.3 is 15.0 Å². The van der Waals surface area contributed by atoms with Crippen molar-refractivity contribution in [2.24, 2.45) is 0 Å². The maximum atomic E-state index is 14.1. The highest BCUT2D eigenvalue weighted by molar-refractivity contribution is 7.89. The molecule has 2 amide bonds. The van der Waals surface area contributed by atoms with Crippen molar-refractivity contribution in [3.63, 3.8) is 0 Å². The molecule has 0 spiro atoms. The summed E-state index contributed by atoms with van der Waals surface area (Å²) in [4.78, 5) is 17.4. The first-order valence-electron chi connectivity index (χ1n) is 14.1. The third-order valence-electron chi connectivity index (χ3n) is 7.35. The van der Waals surface area contributed by atoms with Crippen LogP contribution in [0.4, 0.5) is 19.3 Å². The lowest BCUT2D eigenvalue weighted by Crippen LogP contribution is -2.49. The van der Waals surface area contributed by atoms with Crippen LogP contribution >= 0.6 is 12.4 Å². The Kier molecular flexibility index (Phi) is 12.3. The number of anilines is 1. The molecule has 1 heterocycles. The predicted octanol–water partition coefficient (Wildman–Crippen LogP) is 6.73. The highest BCUT2D eigenvalue weighted by Crippen LogP contribution is 2.26. The Labute approximate surface area is 259 Å². The summed E-state index contributed by atoms with van der Waals surface area (Å²) < 4.78 is 59.0. The van der Waals surface area contributed by atoms with Gasteiger partial charge in [0.2, 0.25) is 10.0 Å². The number of sulfonamides is 1. The first-order chi connectivity index (χ1) is 20.1. The minimum Gasteiger partial charge on any atom is -0.457 e. The van der Waals surface area contributed by atoms with Gasteiger partial charge in [0, 0.05) is 52.4 Å². The molecule has 3 aromatic rings. The van der Waals surface area contributed by atoms with Crippen LogP contribution in [0.25, 0.3) is 0 Å². The van der Waals surface area contributed by atoms with Crippen LogP contribution < -0.4 is 10.1 Å². The smallest absolute Gasteiger partial charge is 0.322 e. The minimum absolute atomic E-state index is 0. The Morgan fingerprint density at radius 1 is 0.977 bits per heavy atom. The van der Waals surface area contributed by atoms with E-state index in [4.69, 9.17) is 4.74 Å². The molecular formula is C31H39ClF2N4O4S. The molecule has 0 atom stereocenters. The number of carbonyl (C=O) groups is 1. The third kappa shape index (κ3) is 9.12.